The maximum Gasteiger partial charge on any atom is 0.326 e. The van der Waals surface area contributed by atoms with Gasteiger partial charge in [-0.1, -0.05) is 30.3 Å². The van der Waals surface area contributed by atoms with E-state index >= 15 is 0 Å². The zero-order valence-corrected chi connectivity index (χ0v) is 18.6. The summed E-state index contributed by atoms with van der Waals surface area (Å²) in [5.41, 5.74) is 11.2. The van der Waals surface area contributed by atoms with Crippen LogP contribution in [0.2, 0.25) is 0 Å². The van der Waals surface area contributed by atoms with Gasteiger partial charge < -0.3 is 20.1 Å². The summed E-state index contributed by atoms with van der Waals surface area (Å²) in [6.07, 6.45) is 0.147. The number of hydrazine groups is 2. The van der Waals surface area contributed by atoms with Crippen LogP contribution in [0.3, 0.4) is 0 Å². The summed E-state index contributed by atoms with van der Waals surface area (Å²) < 4.78 is 5.84. The van der Waals surface area contributed by atoms with Crippen LogP contribution in [0.15, 0.2) is 47.3 Å². The highest BCUT2D eigenvalue weighted by Gasteiger charge is 2.20. The topological polar surface area (TPSA) is 157 Å². The number of hydrogen-bond acceptors (Lipinski definition) is 8. The first-order valence-electron chi connectivity index (χ1n) is 10.6. The molecule has 3 aromatic rings. The Hall–Kier alpha value is -4.38. The molecule has 0 unspecified atom stereocenters. The summed E-state index contributed by atoms with van der Waals surface area (Å²) in [7, 11) is 0. The Kier molecular flexibility index (Phi) is 6.46. The summed E-state index contributed by atoms with van der Waals surface area (Å²) >= 11 is 0. The minimum absolute atomic E-state index is 0.147. The third-order valence-electron chi connectivity index (χ3n) is 5.20. The second kappa shape index (κ2) is 9.63. The minimum atomic E-state index is -1.10. The minimum Gasteiger partial charge on any atom is -0.493 e. The van der Waals surface area contributed by atoms with Gasteiger partial charge in [0.15, 0.2) is 11.5 Å². The molecule has 0 radical (unpaired) electrons. The molecule has 11 heteroatoms. The van der Waals surface area contributed by atoms with Gasteiger partial charge in [-0.05, 0) is 35.7 Å². The highest BCUT2D eigenvalue weighted by atomic mass is 16.5. The van der Waals surface area contributed by atoms with Crippen LogP contribution in [0.5, 0.6) is 5.75 Å². The Bertz CT molecular complexity index is 1310. The number of nitrogens with zero attached hydrogens (tertiary/aromatic N) is 1. The van der Waals surface area contributed by atoms with Crippen molar-refractivity contribution >= 4 is 23.4 Å². The molecule has 1 aliphatic heterocycles. The van der Waals surface area contributed by atoms with Crippen molar-refractivity contribution in [1.82, 2.24) is 20.8 Å². The van der Waals surface area contributed by atoms with Crippen molar-refractivity contribution in [3.8, 4) is 28.3 Å². The highest BCUT2D eigenvalue weighted by molar-refractivity contribution is 5.82. The molecule has 34 heavy (non-hydrogen) atoms. The normalized spacial score (nSPS) is 12.8. The van der Waals surface area contributed by atoms with E-state index in [4.69, 9.17) is 4.74 Å². The van der Waals surface area contributed by atoms with Gasteiger partial charge in [-0.2, -0.15) is 0 Å². The molecule has 11 nitrogen and oxygen atoms in total. The van der Waals surface area contributed by atoms with Crippen molar-refractivity contribution in [2.24, 2.45) is 0 Å². The van der Waals surface area contributed by atoms with Gasteiger partial charge in [0.1, 0.15) is 17.6 Å². The number of carbonyl (C=O) groups excluding carboxylic acids is 1. The summed E-state index contributed by atoms with van der Waals surface area (Å²) in [4.78, 5) is 42.4. The molecule has 1 amide bonds. The van der Waals surface area contributed by atoms with E-state index in [1.54, 1.807) is 0 Å². The molecular weight excluding hydrogens is 440 g/mol. The number of benzene rings is 2. The Balaban J connectivity index is 1.67. The van der Waals surface area contributed by atoms with Crippen LogP contribution in [0.25, 0.3) is 22.5 Å². The number of nitrogens with one attached hydrogen (secondary N) is 5. The second-order valence-corrected chi connectivity index (χ2v) is 7.65. The number of anilines is 2. The molecule has 0 saturated carbocycles. The number of carboxylic acids is 1. The van der Waals surface area contributed by atoms with Crippen LogP contribution < -0.4 is 32.0 Å². The lowest BCUT2D eigenvalue weighted by Crippen LogP contribution is -2.41. The van der Waals surface area contributed by atoms with Gasteiger partial charge in [0.25, 0.3) is 5.56 Å². The van der Waals surface area contributed by atoms with E-state index in [0.717, 1.165) is 16.7 Å². The zero-order valence-electron chi connectivity index (χ0n) is 18.6. The summed E-state index contributed by atoms with van der Waals surface area (Å²) in [5.74, 6) is -0.232. The van der Waals surface area contributed by atoms with E-state index in [-0.39, 0.29) is 12.0 Å². The Labute approximate surface area is 194 Å². The molecule has 1 atom stereocenters. The number of aromatic amines is 1. The van der Waals surface area contributed by atoms with Crippen LogP contribution in [-0.4, -0.2) is 39.6 Å². The number of amides is 1. The molecule has 6 N–H and O–H groups in total. The maximum absolute atomic E-state index is 12.4. The zero-order chi connectivity index (χ0) is 24.2. The van der Waals surface area contributed by atoms with Crippen molar-refractivity contribution in [2.75, 3.05) is 17.5 Å². The number of aromatic nitrogens is 2. The van der Waals surface area contributed by atoms with Gasteiger partial charge in [-0.3, -0.25) is 20.4 Å². The molecule has 0 spiro atoms. The molecular formula is C23H24N6O5. The Morgan fingerprint density at radius 2 is 1.94 bits per heavy atom. The van der Waals surface area contributed by atoms with Crippen molar-refractivity contribution in [3.05, 3.63) is 58.4 Å². The van der Waals surface area contributed by atoms with Crippen molar-refractivity contribution in [2.45, 2.75) is 26.3 Å². The molecule has 0 bridgehead atoms. The second-order valence-electron chi connectivity index (χ2n) is 7.65. The van der Waals surface area contributed by atoms with Crippen molar-refractivity contribution < 1.29 is 19.4 Å². The van der Waals surface area contributed by atoms with Gasteiger partial charge in [-0.25, -0.2) is 9.78 Å². The standard InChI is InChI=1S/C23H24N6O5/c1-3-34-18-11-15(7-8-16(18)20-25-21-19(22(31)26-20)27-29-28-21)14-6-4-5-13(9-14)10-17(23(32)33)24-12(2)30/h4-9,11,17,27,29H,3,10H2,1-2H3,(H,24,30)(H,32,33)(H2,25,26,28,31)/t17-/m0/s1. The quantitative estimate of drug-likeness (QED) is 0.293. The van der Waals surface area contributed by atoms with Gasteiger partial charge >= 0.3 is 5.97 Å². The summed E-state index contributed by atoms with van der Waals surface area (Å²) in [5, 5.41) is 11.9. The van der Waals surface area contributed by atoms with Crippen LogP contribution in [0, 0.1) is 0 Å². The number of aliphatic carboxylic acids is 1. The number of carboxylic acid groups (broad SMARTS) is 1. The van der Waals surface area contributed by atoms with Crippen LogP contribution in [0.4, 0.5) is 11.5 Å². The molecule has 2 heterocycles. The highest BCUT2D eigenvalue weighted by Crippen LogP contribution is 2.34. The SMILES string of the molecule is CCOc1cc(-c2cccc(C[C@H](NC(C)=O)C(=O)O)c2)ccc1-c1nc2c(c(=O)[nH]1)NNN2. The van der Waals surface area contributed by atoms with E-state index in [0.29, 0.717) is 35.2 Å². The predicted octanol–water partition coefficient (Wildman–Crippen LogP) is 1.89. The maximum atomic E-state index is 12.4. The lowest BCUT2D eigenvalue weighted by molar-refractivity contribution is -0.141. The smallest absolute Gasteiger partial charge is 0.326 e. The van der Waals surface area contributed by atoms with Crippen molar-refractivity contribution in [3.63, 3.8) is 0 Å². The average Bonchev–Trinajstić information content (AvgIpc) is 3.28. The van der Waals surface area contributed by atoms with Gasteiger partial charge in [0, 0.05) is 13.3 Å². The Morgan fingerprint density at radius 3 is 2.68 bits per heavy atom. The third-order valence-corrected chi connectivity index (χ3v) is 5.20. The lowest BCUT2D eigenvalue weighted by atomic mass is 9.98. The molecule has 0 fully saturated rings. The first kappa shape index (κ1) is 22.8. The fraction of sp³-hybridized carbons (Fsp3) is 0.217. The van der Waals surface area contributed by atoms with E-state index in [2.05, 4.69) is 31.7 Å². The molecule has 0 saturated heterocycles. The molecule has 1 aromatic heterocycles. The molecule has 0 aliphatic carbocycles. The first-order valence-corrected chi connectivity index (χ1v) is 10.6. The fourth-order valence-corrected chi connectivity index (χ4v) is 3.69. The summed E-state index contributed by atoms with van der Waals surface area (Å²) in [6.45, 7) is 3.55. The first-order chi connectivity index (χ1) is 16.4. The van der Waals surface area contributed by atoms with E-state index in [1.807, 2.05) is 49.4 Å². The number of fused-ring (bicyclic) bond motifs is 1. The number of carbonyl (C=O) groups is 2. The molecule has 176 valence electrons. The van der Waals surface area contributed by atoms with Gasteiger partial charge in [0.2, 0.25) is 5.91 Å². The van der Waals surface area contributed by atoms with E-state index < -0.39 is 17.9 Å². The van der Waals surface area contributed by atoms with Crippen molar-refractivity contribution in [1.29, 1.82) is 0 Å². The van der Waals surface area contributed by atoms with E-state index in [1.165, 1.54) is 6.92 Å². The van der Waals surface area contributed by atoms with Gasteiger partial charge in [0.05, 0.1) is 12.2 Å². The predicted molar refractivity (Wildman–Crippen MR) is 126 cm³/mol. The van der Waals surface area contributed by atoms with Crippen LogP contribution in [0.1, 0.15) is 19.4 Å². The molecule has 1 aliphatic rings. The monoisotopic (exact) mass is 464 g/mol. The Morgan fingerprint density at radius 1 is 1.15 bits per heavy atom. The van der Waals surface area contributed by atoms with Gasteiger partial charge in [-0.15, -0.1) is 5.53 Å². The third kappa shape index (κ3) is 4.84. The molecule has 2 aromatic carbocycles. The lowest BCUT2D eigenvalue weighted by Gasteiger charge is -2.15. The largest absolute Gasteiger partial charge is 0.493 e. The number of H-pyrrole nitrogens is 1. The number of ether oxygens (including phenoxy) is 1. The fourth-order valence-electron chi connectivity index (χ4n) is 3.69. The number of rotatable bonds is 8. The average molecular weight is 464 g/mol. The van der Waals surface area contributed by atoms with Crippen LogP contribution in [-0.2, 0) is 16.0 Å². The van der Waals surface area contributed by atoms with Crippen LogP contribution >= 0.6 is 0 Å². The summed E-state index contributed by atoms with van der Waals surface area (Å²) in [6, 6.07) is 11.9. The number of hydrogen-bond donors (Lipinski definition) is 6. The van der Waals surface area contributed by atoms with E-state index in [9.17, 15) is 19.5 Å². The molecule has 4 rings (SSSR count).